The first-order chi connectivity index (χ1) is 20.0. The first-order valence-corrected chi connectivity index (χ1v) is 14.7. The Morgan fingerprint density at radius 1 is 0.878 bits per heavy atom. The van der Waals surface area contributed by atoms with Crippen molar-refractivity contribution in [3.05, 3.63) is 95.3 Å². The number of rotatable bonds is 14. The third kappa shape index (κ3) is 8.81. The van der Waals surface area contributed by atoms with Crippen molar-refractivity contribution in [2.24, 2.45) is 0 Å². The summed E-state index contributed by atoms with van der Waals surface area (Å²) < 4.78 is 25.1. The number of carbonyl (C=O) groups is 2. The number of aryl methyl sites for hydroxylation is 1. The van der Waals surface area contributed by atoms with Crippen LogP contribution in [-0.4, -0.2) is 42.0 Å². The van der Waals surface area contributed by atoms with Crippen LogP contribution in [0.2, 0.25) is 0 Å². The Morgan fingerprint density at radius 2 is 1.54 bits per heavy atom. The summed E-state index contributed by atoms with van der Waals surface area (Å²) in [4.78, 5) is 29.4. The molecule has 1 atom stereocenters. The zero-order valence-electron chi connectivity index (χ0n) is 24.1. The smallest absolute Gasteiger partial charge is 0.243 e. The van der Waals surface area contributed by atoms with E-state index in [-0.39, 0.29) is 36.6 Å². The number of hydrogen-bond acceptors (Lipinski definition) is 4. The lowest BCUT2D eigenvalue weighted by atomic mass is 10.0. The summed E-state index contributed by atoms with van der Waals surface area (Å²) in [6, 6.07) is 21.1. The Labute approximate surface area is 242 Å². The standard InChI is InChI=1S/C34H41FN2O4/c1-3-40-31-20-16-26(23-32(31)41-4-2)17-21-33(38)37(24-27-14-18-28(35)19-15-27)30(22-25-10-6-5-7-11-25)34(39)36-29-12-8-9-13-29/h5-7,10-11,14-16,18-20,23,29-30H,3-4,8-9,12-13,17,21-22,24H2,1-2H3,(H,36,39)/t30-/m1/s1. The molecule has 7 heteroatoms. The van der Waals surface area contributed by atoms with Crippen molar-refractivity contribution in [2.75, 3.05) is 13.2 Å². The van der Waals surface area contributed by atoms with Crippen molar-refractivity contribution in [1.29, 1.82) is 0 Å². The summed E-state index contributed by atoms with van der Waals surface area (Å²) in [7, 11) is 0. The molecule has 0 saturated heterocycles. The fourth-order valence-electron chi connectivity index (χ4n) is 5.35. The molecule has 0 unspecified atom stereocenters. The number of ether oxygens (including phenoxy) is 2. The van der Waals surface area contributed by atoms with Gasteiger partial charge in [-0.2, -0.15) is 0 Å². The highest BCUT2D eigenvalue weighted by Gasteiger charge is 2.32. The van der Waals surface area contributed by atoms with E-state index < -0.39 is 6.04 Å². The normalized spacial score (nSPS) is 13.9. The molecule has 0 spiro atoms. The van der Waals surface area contributed by atoms with Crippen molar-refractivity contribution in [3.8, 4) is 11.5 Å². The van der Waals surface area contributed by atoms with Crippen LogP contribution in [0.4, 0.5) is 4.39 Å². The van der Waals surface area contributed by atoms with Crippen LogP contribution < -0.4 is 14.8 Å². The molecular formula is C34H41FN2O4. The predicted molar refractivity (Wildman–Crippen MR) is 158 cm³/mol. The van der Waals surface area contributed by atoms with E-state index >= 15 is 0 Å². The molecule has 1 fully saturated rings. The van der Waals surface area contributed by atoms with Crippen LogP contribution in [0.5, 0.6) is 11.5 Å². The van der Waals surface area contributed by atoms with Gasteiger partial charge in [-0.25, -0.2) is 4.39 Å². The first-order valence-electron chi connectivity index (χ1n) is 14.7. The van der Waals surface area contributed by atoms with E-state index in [2.05, 4.69) is 5.32 Å². The van der Waals surface area contributed by atoms with Crippen molar-refractivity contribution in [1.82, 2.24) is 10.2 Å². The van der Waals surface area contributed by atoms with Crippen LogP contribution in [0.25, 0.3) is 0 Å². The van der Waals surface area contributed by atoms with E-state index in [1.165, 1.54) is 12.1 Å². The zero-order chi connectivity index (χ0) is 29.0. The van der Waals surface area contributed by atoms with Gasteiger partial charge in [-0.05, 0) is 74.1 Å². The van der Waals surface area contributed by atoms with Gasteiger partial charge in [0.2, 0.25) is 11.8 Å². The summed E-state index contributed by atoms with van der Waals surface area (Å²) >= 11 is 0. The number of hydrogen-bond donors (Lipinski definition) is 1. The van der Waals surface area contributed by atoms with Gasteiger partial charge in [0, 0.05) is 25.4 Å². The minimum absolute atomic E-state index is 0.129. The minimum Gasteiger partial charge on any atom is -0.490 e. The molecule has 6 nitrogen and oxygen atoms in total. The molecule has 0 bridgehead atoms. The summed E-state index contributed by atoms with van der Waals surface area (Å²) in [5.41, 5.74) is 2.69. The van der Waals surface area contributed by atoms with Gasteiger partial charge in [0.25, 0.3) is 0 Å². The lowest BCUT2D eigenvalue weighted by molar-refractivity contribution is -0.141. The second kappa shape index (κ2) is 15.2. The Kier molecular flexibility index (Phi) is 11.2. The SMILES string of the molecule is CCOc1ccc(CCC(=O)N(Cc2ccc(F)cc2)[C@H](Cc2ccccc2)C(=O)NC2CCCC2)cc1OCC. The second-order valence-electron chi connectivity index (χ2n) is 10.5. The maximum absolute atomic E-state index is 14.0. The molecule has 1 aliphatic rings. The molecule has 41 heavy (non-hydrogen) atoms. The largest absolute Gasteiger partial charge is 0.490 e. The van der Waals surface area contributed by atoms with Crippen molar-refractivity contribution < 1.29 is 23.5 Å². The maximum atomic E-state index is 14.0. The second-order valence-corrected chi connectivity index (χ2v) is 10.5. The van der Waals surface area contributed by atoms with Crippen molar-refractivity contribution in [3.63, 3.8) is 0 Å². The average Bonchev–Trinajstić information content (AvgIpc) is 3.49. The Morgan fingerprint density at radius 3 is 2.22 bits per heavy atom. The number of nitrogens with one attached hydrogen (secondary N) is 1. The summed E-state index contributed by atoms with van der Waals surface area (Å²) in [5, 5.41) is 3.22. The highest BCUT2D eigenvalue weighted by atomic mass is 19.1. The van der Waals surface area contributed by atoms with E-state index in [9.17, 15) is 14.0 Å². The molecule has 0 aromatic heterocycles. The molecule has 0 aliphatic heterocycles. The van der Waals surface area contributed by atoms with Crippen LogP contribution in [0.1, 0.15) is 62.6 Å². The Hall–Kier alpha value is -3.87. The molecule has 3 aromatic carbocycles. The van der Waals surface area contributed by atoms with Gasteiger partial charge in [-0.3, -0.25) is 9.59 Å². The maximum Gasteiger partial charge on any atom is 0.243 e. The van der Waals surface area contributed by atoms with Crippen molar-refractivity contribution in [2.45, 2.75) is 77.4 Å². The molecule has 1 aliphatic carbocycles. The molecule has 0 radical (unpaired) electrons. The van der Waals surface area contributed by atoms with Crippen LogP contribution in [-0.2, 0) is 29.0 Å². The highest BCUT2D eigenvalue weighted by molar-refractivity contribution is 5.88. The van der Waals surface area contributed by atoms with Gasteiger partial charge < -0.3 is 19.7 Å². The van der Waals surface area contributed by atoms with Crippen molar-refractivity contribution >= 4 is 11.8 Å². The van der Waals surface area contributed by atoms with Crippen LogP contribution in [0.3, 0.4) is 0 Å². The van der Waals surface area contributed by atoms with Crippen LogP contribution in [0.15, 0.2) is 72.8 Å². The van der Waals surface area contributed by atoms with Gasteiger partial charge in [-0.1, -0.05) is 61.4 Å². The van der Waals surface area contributed by atoms with Crippen LogP contribution in [0, 0.1) is 5.82 Å². The zero-order valence-corrected chi connectivity index (χ0v) is 24.1. The van der Waals surface area contributed by atoms with E-state index in [1.807, 2.05) is 62.4 Å². The van der Waals surface area contributed by atoms with E-state index in [0.29, 0.717) is 37.6 Å². The number of carbonyl (C=O) groups excluding carboxylic acids is 2. The average molecular weight is 561 g/mol. The highest BCUT2D eigenvalue weighted by Crippen LogP contribution is 2.29. The van der Waals surface area contributed by atoms with Gasteiger partial charge in [0.1, 0.15) is 11.9 Å². The Bertz CT molecular complexity index is 1260. The number of nitrogens with zero attached hydrogens (tertiary/aromatic N) is 1. The summed E-state index contributed by atoms with van der Waals surface area (Å²) in [6.07, 6.45) is 5.18. The fourth-order valence-corrected chi connectivity index (χ4v) is 5.35. The monoisotopic (exact) mass is 560 g/mol. The van der Waals surface area contributed by atoms with Gasteiger partial charge in [0.15, 0.2) is 11.5 Å². The quantitative estimate of drug-likeness (QED) is 0.253. The number of halogens is 1. The molecule has 1 saturated carbocycles. The molecule has 3 aromatic rings. The topological polar surface area (TPSA) is 67.9 Å². The van der Waals surface area contributed by atoms with Gasteiger partial charge in [0.05, 0.1) is 13.2 Å². The van der Waals surface area contributed by atoms with Gasteiger partial charge >= 0.3 is 0 Å². The molecule has 2 amide bonds. The number of benzene rings is 3. The van der Waals surface area contributed by atoms with Crippen LogP contribution >= 0.6 is 0 Å². The minimum atomic E-state index is -0.699. The van der Waals surface area contributed by atoms with Gasteiger partial charge in [-0.15, -0.1) is 0 Å². The third-order valence-corrected chi connectivity index (χ3v) is 7.47. The molecule has 0 heterocycles. The molecule has 4 rings (SSSR count). The van der Waals surface area contributed by atoms with E-state index in [1.54, 1.807) is 17.0 Å². The summed E-state index contributed by atoms with van der Waals surface area (Å²) in [5.74, 6) is 0.709. The predicted octanol–water partition coefficient (Wildman–Crippen LogP) is 6.25. The molecular weight excluding hydrogens is 519 g/mol. The number of amides is 2. The molecule has 1 N–H and O–H groups in total. The lowest BCUT2D eigenvalue weighted by Crippen LogP contribution is -2.52. The summed E-state index contributed by atoms with van der Waals surface area (Å²) in [6.45, 7) is 5.09. The lowest BCUT2D eigenvalue weighted by Gasteiger charge is -2.32. The Balaban J connectivity index is 1.59. The first kappa shape index (κ1) is 30.1. The third-order valence-electron chi connectivity index (χ3n) is 7.47. The van der Waals surface area contributed by atoms with E-state index in [0.717, 1.165) is 42.4 Å². The van der Waals surface area contributed by atoms with E-state index in [4.69, 9.17) is 9.47 Å². The fraction of sp³-hybridized carbons (Fsp3) is 0.412. The molecule has 218 valence electrons.